The predicted molar refractivity (Wildman–Crippen MR) is 88.6 cm³/mol. The van der Waals surface area contributed by atoms with Crippen LogP contribution < -0.4 is 9.80 Å². The molecular weight excluding hydrogens is 274 g/mol. The minimum atomic E-state index is 0.978. The predicted octanol–water partition coefficient (Wildman–Crippen LogP) is 2.36. The molecule has 1 aliphatic heterocycles. The third-order valence-corrected chi connectivity index (χ3v) is 4.34. The van der Waals surface area contributed by atoms with Gasteiger partial charge in [0.05, 0.1) is 6.20 Å². The van der Waals surface area contributed by atoms with Crippen molar-refractivity contribution >= 4 is 17.0 Å². The summed E-state index contributed by atoms with van der Waals surface area (Å²) in [7, 11) is 0. The van der Waals surface area contributed by atoms with E-state index in [2.05, 4.69) is 51.1 Å². The summed E-state index contributed by atoms with van der Waals surface area (Å²) in [6.07, 6.45) is 5.54. The molecule has 1 aliphatic rings. The van der Waals surface area contributed by atoms with Crippen LogP contribution in [0.15, 0.2) is 48.9 Å². The molecule has 0 amide bonds. The second-order valence-electron chi connectivity index (χ2n) is 5.67. The number of fused-ring (bicyclic) bond motifs is 1. The third-order valence-electron chi connectivity index (χ3n) is 4.34. The van der Waals surface area contributed by atoms with E-state index in [1.807, 2.05) is 29.2 Å². The molecule has 22 heavy (non-hydrogen) atoms. The average Bonchev–Trinajstić information content (AvgIpc) is 3.04. The van der Waals surface area contributed by atoms with Crippen LogP contribution in [0.1, 0.15) is 5.56 Å². The molecule has 1 fully saturated rings. The highest BCUT2D eigenvalue weighted by Crippen LogP contribution is 2.24. The highest BCUT2D eigenvalue weighted by Gasteiger charge is 2.20. The van der Waals surface area contributed by atoms with E-state index in [0.29, 0.717) is 0 Å². The smallest absolute Gasteiger partial charge is 0.154 e. The van der Waals surface area contributed by atoms with Crippen molar-refractivity contribution in [3.05, 3.63) is 54.5 Å². The molecule has 0 saturated carbocycles. The highest BCUT2D eigenvalue weighted by molar-refractivity contribution is 5.69. The Balaban J connectivity index is 1.55. The van der Waals surface area contributed by atoms with Gasteiger partial charge in [0.2, 0.25) is 0 Å². The maximum absolute atomic E-state index is 4.56. The number of nitrogens with zero attached hydrogens (tertiary/aromatic N) is 5. The Morgan fingerprint density at radius 2 is 1.68 bits per heavy atom. The largest absolute Gasteiger partial charge is 0.368 e. The van der Waals surface area contributed by atoms with Gasteiger partial charge in [0.25, 0.3) is 0 Å². The molecule has 0 spiro atoms. The topological polar surface area (TPSA) is 36.7 Å². The van der Waals surface area contributed by atoms with Gasteiger partial charge in [-0.1, -0.05) is 18.2 Å². The first-order chi connectivity index (χ1) is 10.8. The minimum absolute atomic E-state index is 0.978. The third kappa shape index (κ3) is 2.19. The summed E-state index contributed by atoms with van der Waals surface area (Å²) in [4.78, 5) is 9.38. The molecule has 1 saturated heterocycles. The maximum Gasteiger partial charge on any atom is 0.154 e. The Morgan fingerprint density at radius 1 is 0.909 bits per heavy atom. The Labute approximate surface area is 129 Å². The molecule has 0 N–H and O–H groups in total. The number of benzene rings is 1. The van der Waals surface area contributed by atoms with Gasteiger partial charge in [-0.3, -0.25) is 0 Å². The Hall–Kier alpha value is -2.56. The Morgan fingerprint density at radius 3 is 2.50 bits per heavy atom. The maximum atomic E-state index is 4.56. The van der Waals surface area contributed by atoms with Crippen molar-refractivity contribution in [2.75, 3.05) is 36.0 Å². The van der Waals surface area contributed by atoms with E-state index in [1.54, 1.807) is 0 Å². The van der Waals surface area contributed by atoms with Crippen LogP contribution in [0.3, 0.4) is 0 Å². The second-order valence-corrected chi connectivity index (χ2v) is 5.67. The standard InChI is InChI=1S/C17H19N5/c1-14-4-2-3-5-15(14)20-10-12-21(13-11-20)17-16-6-7-19-22(16)9-8-18-17/h2-9H,10-13H2,1H3. The van der Waals surface area contributed by atoms with E-state index in [1.165, 1.54) is 11.3 Å². The van der Waals surface area contributed by atoms with Crippen molar-refractivity contribution < 1.29 is 0 Å². The monoisotopic (exact) mass is 293 g/mol. The van der Waals surface area contributed by atoms with Crippen molar-refractivity contribution in [1.29, 1.82) is 0 Å². The van der Waals surface area contributed by atoms with E-state index >= 15 is 0 Å². The van der Waals surface area contributed by atoms with Crippen LogP contribution in [0.2, 0.25) is 0 Å². The summed E-state index contributed by atoms with van der Waals surface area (Å²) in [6, 6.07) is 10.6. The van der Waals surface area contributed by atoms with E-state index in [-0.39, 0.29) is 0 Å². The van der Waals surface area contributed by atoms with Crippen molar-refractivity contribution in [1.82, 2.24) is 14.6 Å². The first-order valence-electron chi connectivity index (χ1n) is 7.67. The summed E-state index contributed by atoms with van der Waals surface area (Å²) in [6.45, 7) is 6.16. The lowest BCUT2D eigenvalue weighted by atomic mass is 10.1. The summed E-state index contributed by atoms with van der Waals surface area (Å²) in [5.74, 6) is 1.03. The van der Waals surface area contributed by atoms with Gasteiger partial charge in [0, 0.05) is 44.3 Å². The molecule has 4 rings (SSSR count). The van der Waals surface area contributed by atoms with Crippen molar-refractivity contribution in [2.45, 2.75) is 6.92 Å². The Kier molecular flexibility index (Phi) is 3.18. The first-order valence-corrected chi connectivity index (χ1v) is 7.67. The normalized spacial score (nSPS) is 15.5. The van der Waals surface area contributed by atoms with Crippen LogP contribution in [0.25, 0.3) is 5.52 Å². The number of hydrogen-bond acceptors (Lipinski definition) is 4. The molecule has 0 radical (unpaired) electrons. The van der Waals surface area contributed by atoms with Crippen LogP contribution >= 0.6 is 0 Å². The van der Waals surface area contributed by atoms with Crippen LogP contribution in [0.4, 0.5) is 11.5 Å². The molecule has 3 aromatic rings. The van der Waals surface area contributed by atoms with Crippen molar-refractivity contribution in [2.24, 2.45) is 0 Å². The van der Waals surface area contributed by atoms with Gasteiger partial charge in [0.15, 0.2) is 5.82 Å². The van der Waals surface area contributed by atoms with E-state index in [4.69, 9.17) is 0 Å². The van der Waals surface area contributed by atoms with Gasteiger partial charge in [-0.25, -0.2) is 9.50 Å². The molecular formula is C17H19N5. The van der Waals surface area contributed by atoms with Crippen LogP contribution in [-0.4, -0.2) is 40.8 Å². The van der Waals surface area contributed by atoms with Crippen LogP contribution in [0.5, 0.6) is 0 Å². The van der Waals surface area contributed by atoms with Crippen molar-refractivity contribution in [3.63, 3.8) is 0 Å². The van der Waals surface area contributed by atoms with E-state index < -0.39 is 0 Å². The molecule has 0 aliphatic carbocycles. The van der Waals surface area contributed by atoms with E-state index in [9.17, 15) is 0 Å². The summed E-state index contributed by atoms with van der Waals surface area (Å²) >= 11 is 0. The molecule has 0 unspecified atom stereocenters. The number of anilines is 2. The molecule has 112 valence electrons. The minimum Gasteiger partial charge on any atom is -0.368 e. The van der Waals surface area contributed by atoms with Crippen LogP contribution in [0, 0.1) is 6.92 Å². The zero-order valence-electron chi connectivity index (χ0n) is 12.7. The number of rotatable bonds is 2. The number of aryl methyl sites for hydroxylation is 1. The van der Waals surface area contributed by atoms with Gasteiger partial charge in [-0.05, 0) is 24.6 Å². The lowest BCUT2D eigenvalue weighted by molar-refractivity contribution is 0.646. The summed E-state index contributed by atoms with van der Waals surface area (Å²) < 4.78 is 1.88. The van der Waals surface area contributed by atoms with Crippen LogP contribution in [-0.2, 0) is 0 Å². The molecule has 5 nitrogen and oxygen atoms in total. The first kappa shape index (κ1) is 13.1. The SMILES string of the molecule is Cc1ccccc1N1CCN(c2nccn3nccc23)CC1. The zero-order valence-corrected chi connectivity index (χ0v) is 12.7. The molecule has 2 aromatic heterocycles. The molecule has 3 heterocycles. The fourth-order valence-corrected chi connectivity index (χ4v) is 3.16. The highest BCUT2D eigenvalue weighted by atomic mass is 15.3. The van der Waals surface area contributed by atoms with Crippen molar-refractivity contribution in [3.8, 4) is 0 Å². The number of aromatic nitrogens is 3. The second kappa shape index (κ2) is 5.33. The van der Waals surface area contributed by atoms with Gasteiger partial charge in [-0.2, -0.15) is 5.10 Å². The van der Waals surface area contributed by atoms with Gasteiger partial charge >= 0.3 is 0 Å². The Bertz CT molecular complexity index is 786. The summed E-state index contributed by atoms with van der Waals surface area (Å²) in [5, 5.41) is 4.29. The number of para-hydroxylation sites is 1. The zero-order chi connectivity index (χ0) is 14.9. The molecule has 0 bridgehead atoms. The molecule has 1 aromatic carbocycles. The quantitative estimate of drug-likeness (QED) is 0.727. The lowest BCUT2D eigenvalue weighted by Crippen LogP contribution is -2.47. The number of piperazine rings is 1. The van der Waals surface area contributed by atoms with E-state index in [0.717, 1.165) is 37.5 Å². The lowest BCUT2D eigenvalue weighted by Gasteiger charge is -2.37. The molecule has 5 heteroatoms. The molecule has 0 atom stereocenters. The fourth-order valence-electron chi connectivity index (χ4n) is 3.16. The summed E-state index contributed by atoms with van der Waals surface area (Å²) in [5.41, 5.74) is 3.76. The van der Waals surface area contributed by atoms with Gasteiger partial charge in [0.1, 0.15) is 5.52 Å². The van der Waals surface area contributed by atoms with Gasteiger partial charge < -0.3 is 9.80 Å². The number of hydrogen-bond donors (Lipinski definition) is 0. The fraction of sp³-hybridized carbons (Fsp3) is 0.294. The average molecular weight is 293 g/mol. The van der Waals surface area contributed by atoms with Gasteiger partial charge in [-0.15, -0.1) is 0 Å².